The summed E-state index contributed by atoms with van der Waals surface area (Å²) < 4.78 is 2.13. The van der Waals surface area contributed by atoms with Gasteiger partial charge in [-0.2, -0.15) is 0 Å². The van der Waals surface area contributed by atoms with Crippen LogP contribution in [-0.4, -0.2) is 5.33 Å². The normalized spacial score (nSPS) is 8.50. The molecule has 0 bridgehead atoms. The summed E-state index contributed by atoms with van der Waals surface area (Å²) in [6.45, 7) is 1.04. The summed E-state index contributed by atoms with van der Waals surface area (Å²) in [6, 6.07) is 6.08. The summed E-state index contributed by atoms with van der Waals surface area (Å²) in [5, 5.41) is 1.02. The van der Waals surface area contributed by atoms with Crippen LogP contribution in [0.15, 0.2) is 30.6 Å². The van der Waals surface area contributed by atoms with Crippen molar-refractivity contribution in [1.82, 2.24) is 0 Å². The standard InChI is InChI=1S/C7H9BrN.ClH/c8-4-7-9-5-2-1-3-6-9;/h1-3,5-6H,4,7H2;1H/q+1;/p-1. The molecule has 1 aromatic heterocycles. The lowest BCUT2D eigenvalue weighted by atomic mass is 10.5. The van der Waals surface area contributed by atoms with Crippen LogP contribution in [0.5, 0.6) is 0 Å². The molecular formula is C7H9BrClN. The summed E-state index contributed by atoms with van der Waals surface area (Å²) in [7, 11) is 0. The number of pyridine rings is 1. The zero-order chi connectivity index (χ0) is 6.53. The Morgan fingerprint density at radius 1 is 1.10 bits per heavy atom. The van der Waals surface area contributed by atoms with Gasteiger partial charge >= 0.3 is 0 Å². The molecule has 0 fully saturated rings. The molecule has 0 saturated carbocycles. The van der Waals surface area contributed by atoms with Crippen LogP contribution in [-0.2, 0) is 6.54 Å². The Kier molecular flexibility index (Phi) is 5.64. The highest BCUT2D eigenvalue weighted by molar-refractivity contribution is 9.09. The predicted octanol–water partition coefficient (Wildman–Crippen LogP) is -1.63. The van der Waals surface area contributed by atoms with E-state index >= 15 is 0 Å². The van der Waals surface area contributed by atoms with E-state index in [1.807, 2.05) is 18.2 Å². The van der Waals surface area contributed by atoms with Crippen LogP contribution in [0.3, 0.4) is 0 Å². The minimum atomic E-state index is 0. The van der Waals surface area contributed by atoms with Gasteiger partial charge in [-0.05, 0) is 0 Å². The average Bonchev–Trinajstić information content (AvgIpc) is 1.91. The van der Waals surface area contributed by atoms with E-state index in [1.165, 1.54) is 0 Å². The van der Waals surface area contributed by atoms with Gasteiger partial charge in [0.05, 0.1) is 5.33 Å². The van der Waals surface area contributed by atoms with E-state index in [-0.39, 0.29) is 12.4 Å². The number of hydrogen-bond acceptors (Lipinski definition) is 0. The molecular weight excluding hydrogens is 213 g/mol. The fraction of sp³-hybridized carbons (Fsp3) is 0.286. The van der Waals surface area contributed by atoms with E-state index in [0.29, 0.717) is 0 Å². The van der Waals surface area contributed by atoms with Crippen molar-refractivity contribution in [2.75, 3.05) is 5.33 Å². The maximum absolute atomic E-state index is 3.37. The van der Waals surface area contributed by atoms with Crippen LogP contribution in [0.2, 0.25) is 0 Å². The van der Waals surface area contributed by atoms with E-state index in [0.717, 1.165) is 11.9 Å². The minimum absolute atomic E-state index is 0. The van der Waals surface area contributed by atoms with E-state index < -0.39 is 0 Å². The maximum Gasteiger partial charge on any atom is 0.168 e. The van der Waals surface area contributed by atoms with Gasteiger partial charge in [0.15, 0.2) is 18.9 Å². The first-order valence-corrected chi connectivity index (χ1v) is 4.05. The third-order valence-electron chi connectivity index (χ3n) is 1.12. The molecule has 0 aliphatic carbocycles. The number of alkyl halides is 1. The van der Waals surface area contributed by atoms with Crippen molar-refractivity contribution in [1.29, 1.82) is 0 Å². The second-order valence-corrected chi connectivity index (χ2v) is 2.60. The molecule has 0 aliphatic rings. The Morgan fingerprint density at radius 2 is 1.70 bits per heavy atom. The van der Waals surface area contributed by atoms with Crippen LogP contribution in [0, 0.1) is 0 Å². The van der Waals surface area contributed by atoms with Crippen LogP contribution in [0.25, 0.3) is 0 Å². The molecule has 0 N–H and O–H groups in total. The number of aromatic nitrogens is 1. The summed E-state index contributed by atoms with van der Waals surface area (Å²) in [5.74, 6) is 0. The second kappa shape index (κ2) is 5.69. The number of halogens is 2. The number of aryl methyl sites for hydroxylation is 1. The van der Waals surface area contributed by atoms with Crippen molar-refractivity contribution in [3.63, 3.8) is 0 Å². The second-order valence-electron chi connectivity index (χ2n) is 1.80. The average molecular weight is 223 g/mol. The quantitative estimate of drug-likeness (QED) is 0.418. The lowest BCUT2D eigenvalue weighted by Gasteiger charge is -1.88. The van der Waals surface area contributed by atoms with Crippen molar-refractivity contribution < 1.29 is 17.0 Å². The maximum atomic E-state index is 3.37. The first kappa shape index (κ1) is 9.92. The summed E-state index contributed by atoms with van der Waals surface area (Å²) >= 11 is 3.37. The predicted molar refractivity (Wildman–Crippen MR) is 40.4 cm³/mol. The van der Waals surface area contributed by atoms with Crippen molar-refractivity contribution in [3.8, 4) is 0 Å². The fourth-order valence-electron chi connectivity index (χ4n) is 0.681. The highest BCUT2D eigenvalue weighted by Gasteiger charge is 1.91. The van der Waals surface area contributed by atoms with Crippen molar-refractivity contribution in [2.45, 2.75) is 6.54 Å². The van der Waals surface area contributed by atoms with E-state index in [4.69, 9.17) is 0 Å². The van der Waals surface area contributed by atoms with Gasteiger partial charge in [-0.1, -0.05) is 22.0 Å². The molecule has 0 aromatic carbocycles. The molecule has 0 saturated heterocycles. The monoisotopic (exact) mass is 221 g/mol. The largest absolute Gasteiger partial charge is 1.00 e. The summed E-state index contributed by atoms with van der Waals surface area (Å²) in [4.78, 5) is 0. The van der Waals surface area contributed by atoms with Gasteiger partial charge in [0.1, 0.15) is 0 Å². The first-order valence-electron chi connectivity index (χ1n) is 2.93. The van der Waals surface area contributed by atoms with Crippen LogP contribution < -0.4 is 17.0 Å². The highest BCUT2D eigenvalue weighted by atomic mass is 79.9. The summed E-state index contributed by atoms with van der Waals surface area (Å²) in [6.07, 6.45) is 4.11. The van der Waals surface area contributed by atoms with Crippen molar-refractivity contribution >= 4 is 15.9 Å². The molecule has 0 radical (unpaired) electrons. The number of nitrogens with zero attached hydrogens (tertiary/aromatic N) is 1. The van der Waals surface area contributed by atoms with Gasteiger partial charge in [0.2, 0.25) is 0 Å². The van der Waals surface area contributed by atoms with Crippen molar-refractivity contribution in [2.24, 2.45) is 0 Å². The van der Waals surface area contributed by atoms with Gasteiger partial charge in [0.25, 0.3) is 0 Å². The highest BCUT2D eigenvalue weighted by Crippen LogP contribution is 1.80. The van der Waals surface area contributed by atoms with Crippen LogP contribution in [0.1, 0.15) is 0 Å². The molecule has 3 heteroatoms. The van der Waals surface area contributed by atoms with Gasteiger partial charge < -0.3 is 12.4 Å². The Balaban J connectivity index is 0.000000810. The van der Waals surface area contributed by atoms with E-state index in [2.05, 4.69) is 32.9 Å². The molecule has 0 unspecified atom stereocenters. The fourth-order valence-corrected chi connectivity index (χ4v) is 1.09. The van der Waals surface area contributed by atoms with E-state index in [1.54, 1.807) is 0 Å². The van der Waals surface area contributed by atoms with Crippen LogP contribution in [0.4, 0.5) is 0 Å². The number of rotatable bonds is 2. The topological polar surface area (TPSA) is 3.88 Å². The lowest BCUT2D eigenvalue weighted by molar-refractivity contribution is -0.692. The molecule has 56 valence electrons. The Hall–Kier alpha value is -0.0800. The Morgan fingerprint density at radius 3 is 2.20 bits per heavy atom. The van der Waals surface area contributed by atoms with Crippen LogP contribution >= 0.6 is 15.9 Å². The molecule has 10 heavy (non-hydrogen) atoms. The molecule has 0 spiro atoms. The molecule has 0 aliphatic heterocycles. The molecule has 1 heterocycles. The van der Waals surface area contributed by atoms with Crippen molar-refractivity contribution in [3.05, 3.63) is 30.6 Å². The molecule has 1 aromatic rings. The molecule has 1 nitrogen and oxygen atoms in total. The lowest BCUT2D eigenvalue weighted by Crippen LogP contribution is -3.00. The van der Waals surface area contributed by atoms with Gasteiger partial charge in [0, 0.05) is 12.1 Å². The SMILES string of the molecule is BrCC[n+]1ccccc1.[Cl-]. The zero-order valence-corrected chi connectivity index (χ0v) is 7.85. The first-order chi connectivity index (χ1) is 4.43. The third-order valence-corrected chi connectivity index (χ3v) is 1.47. The zero-order valence-electron chi connectivity index (χ0n) is 5.50. The molecule has 0 atom stereocenters. The van der Waals surface area contributed by atoms with E-state index in [9.17, 15) is 0 Å². The third kappa shape index (κ3) is 3.18. The van der Waals surface area contributed by atoms with Gasteiger partial charge in [-0.25, -0.2) is 4.57 Å². The number of hydrogen-bond donors (Lipinski definition) is 0. The molecule has 0 amide bonds. The summed E-state index contributed by atoms with van der Waals surface area (Å²) in [5.41, 5.74) is 0. The molecule has 1 rings (SSSR count). The van der Waals surface area contributed by atoms with Gasteiger partial charge in [-0.15, -0.1) is 0 Å². The smallest absolute Gasteiger partial charge is 0.168 e. The minimum Gasteiger partial charge on any atom is -1.00 e. The van der Waals surface area contributed by atoms with Gasteiger partial charge in [-0.3, -0.25) is 0 Å². The Bertz CT molecular complexity index is 167. The Labute approximate surface area is 75.6 Å².